The lowest BCUT2D eigenvalue weighted by atomic mass is 9.92. The van der Waals surface area contributed by atoms with E-state index < -0.39 is 0 Å². The monoisotopic (exact) mass is 373 g/mol. The van der Waals surface area contributed by atoms with Crippen molar-refractivity contribution < 1.29 is 0 Å². The summed E-state index contributed by atoms with van der Waals surface area (Å²) in [5.41, 5.74) is 9.17. The van der Waals surface area contributed by atoms with Crippen molar-refractivity contribution in [1.82, 2.24) is 0 Å². The lowest BCUT2D eigenvalue weighted by molar-refractivity contribution is 1.43. The van der Waals surface area contributed by atoms with E-state index in [1.54, 1.807) is 13.1 Å². The molecule has 0 saturated heterocycles. The summed E-state index contributed by atoms with van der Waals surface area (Å²) in [6.07, 6.45) is 1.80. The van der Waals surface area contributed by atoms with Gasteiger partial charge in [-0.25, -0.2) is 0 Å². The molecule has 0 aliphatic heterocycles. The van der Waals surface area contributed by atoms with Crippen molar-refractivity contribution in [1.29, 1.82) is 0 Å². The molecule has 0 atom stereocenters. The Morgan fingerprint density at radius 2 is 1.07 bits per heavy atom. The molecule has 0 amide bonds. The second-order valence-electron chi connectivity index (χ2n) is 6.92. The van der Waals surface area contributed by atoms with Gasteiger partial charge in [-0.05, 0) is 63.7 Å². The van der Waals surface area contributed by atoms with Crippen LogP contribution in [0.5, 0.6) is 0 Å². The van der Waals surface area contributed by atoms with E-state index in [1.165, 1.54) is 33.4 Å². The first-order valence-corrected chi connectivity index (χ1v) is 9.74. The standard InChI is InChI=1S/C28H23N/c1-3-28(29-2)24-16-10-15-23(17-24)27-19-25(21-11-6-4-7-12-21)18-26(20-27)22-13-8-5-9-14-22/h3-20H,1H2,2H3. The normalized spacial score (nSPS) is 11.3. The SMILES string of the molecule is C=CC(=NC)c1cccc(-c2cc(-c3ccccc3)cc(-c3ccccc3)c2)c1. The number of hydrogen-bond acceptors (Lipinski definition) is 1. The molecular formula is C28H23N. The Morgan fingerprint density at radius 1 is 0.586 bits per heavy atom. The maximum atomic E-state index is 4.34. The molecule has 0 spiro atoms. The van der Waals surface area contributed by atoms with Crippen LogP contribution in [-0.4, -0.2) is 12.8 Å². The first-order chi connectivity index (χ1) is 14.3. The Bertz CT molecular complexity index is 1100. The molecule has 0 saturated carbocycles. The van der Waals surface area contributed by atoms with Gasteiger partial charge < -0.3 is 0 Å². The van der Waals surface area contributed by atoms with Crippen LogP contribution < -0.4 is 0 Å². The van der Waals surface area contributed by atoms with Crippen LogP contribution in [0.1, 0.15) is 5.56 Å². The molecule has 0 aliphatic carbocycles. The Morgan fingerprint density at radius 3 is 1.55 bits per heavy atom. The number of hydrogen-bond donors (Lipinski definition) is 0. The van der Waals surface area contributed by atoms with Crippen LogP contribution in [0.25, 0.3) is 33.4 Å². The summed E-state index contributed by atoms with van der Waals surface area (Å²) in [7, 11) is 1.80. The van der Waals surface area contributed by atoms with Gasteiger partial charge in [0.25, 0.3) is 0 Å². The molecule has 29 heavy (non-hydrogen) atoms. The van der Waals surface area contributed by atoms with Crippen molar-refractivity contribution >= 4 is 5.71 Å². The van der Waals surface area contributed by atoms with Gasteiger partial charge >= 0.3 is 0 Å². The summed E-state index contributed by atoms with van der Waals surface area (Å²) in [6, 6.07) is 36.3. The van der Waals surface area contributed by atoms with Gasteiger partial charge in [0.15, 0.2) is 0 Å². The molecule has 140 valence electrons. The van der Waals surface area contributed by atoms with Crippen LogP contribution in [0.15, 0.2) is 121 Å². The van der Waals surface area contributed by atoms with Crippen molar-refractivity contribution in [3.63, 3.8) is 0 Å². The van der Waals surface area contributed by atoms with Crippen molar-refractivity contribution in [2.24, 2.45) is 4.99 Å². The Hall–Kier alpha value is -3.71. The fourth-order valence-electron chi connectivity index (χ4n) is 3.59. The lowest BCUT2D eigenvalue weighted by Gasteiger charge is -2.12. The number of benzene rings is 4. The summed E-state index contributed by atoms with van der Waals surface area (Å²) in [4.78, 5) is 4.34. The molecule has 1 heteroatoms. The summed E-state index contributed by atoms with van der Waals surface area (Å²) in [5.74, 6) is 0. The van der Waals surface area contributed by atoms with E-state index >= 15 is 0 Å². The molecule has 4 aromatic carbocycles. The van der Waals surface area contributed by atoms with E-state index in [9.17, 15) is 0 Å². The molecule has 4 rings (SSSR count). The maximum absolute atomic E-state index is 4.34. The number of allylic oxidation sites excluding steroid dienone is 1. The molecule has 0 unspecified atom stereocenters. The zero-order valence-corrected chi connectivity index (χ0v) is 16.5. The minimum atomic E-state index is 0.898. The van der Waals surface area contributed by atoms with Gasteiger partial charge in [-0.15, -0.1) is 0 Å². The molecular weight excluding hydrogens is 350 g/mol. The number of aliphatic imine (C=N–C) groups is 1. The highest BCUT2D eigenvalue weighted by molar-refractivity contribution is 6.09. The van der Waals surface area contributed by atoms with Crippen molar-refractivity contribution in [3.8, 4) is 33.4 Å². The zero-order valence-electron chi connectivity index (χ0n) is 16.5. The fraction of sp³-hybridized carbons (Fsp3) is 0.0357. The quantitative estimate of drug-likeness (QED) is 0.326. The highest BCUT2D eigenvalue weighted by Crippen LogP contribution is 2.33. The average molecular weight is 373 g/mol. The maximum Gasteiger partial charge on any atom is 0.0637 e. The minimum absolute atomic E-state index is 0.898. The van der Waals surface area contributed by atoms with E-state index in [4.69, 9.17) is 0 Å². The molecule has 0 radical (unpaired) electrons. The first-order valence-electron chi connectivity index (χ1n) is 9.74. The summed E-state index contributed by atoms with van der Waals surface area (Å²) in [5, 5.41) is 0. The first kappa shape index (κ1) is 18.6. The molecule has 4 aromatic rings. The molecule has 1 nitrogen and oxygen atoms in total. The highest BCUT2D eigenvalue weighted by Gasteiger charge is 2.08. The summed E-state index contributed by atoms with van der Waals surface area (Å²) >= 11 is 0. The molecule has 0 bridgehead atoms. The predicted octanol–water partition coefficient (Wildman–Crippen LogP) is 7.29. The van der Waals surface area contributed by atoms with Crippen LogP contribution in [0.2, 0.25) is 0 Å². The van der Waals surface area contributed by atoms with Crippen LogP contribution in [0.3, 0.4) is 0 Å². The second-order valence-corrected chi connectivity index (χ2v) is 6.92. The summed E-state index contributed by atoms with van der Waals surface area (Å²) in [6.45, 7) is 3.89. The van der Waals surface area contributed by atoms with Crippen LogP contribution in [0, 0.1) is 0 Å². The molecule has 0 fully saturated rings. The van der Waals surface area contributed by atoms with Crippen LogP contribution >= 0.6 is 0 Å². The Labute approximate surface area is 172 Å². The van der Waals surface area contributed by atoms with Gasteiger partial charge in [-0.3, -0.25) is 4.99 Å². The molecule has 0 aromatic heterocycles. The lowest BCUT2D eigenvalue weighted by Crippen LogP contribution is -1.96. The topological polar surface area (TPSA) is 12.4 Å². The third-order valence-electron chi connectivity index (χ3n) is 5.07. The van der Waals surface area contributed by atoms with E-state index in [0.717, 1.165) is 11.3 Å². The Balaban J connectivity index is 1.89. The molecule has 0 heterocycles. The van der Waals surface area contributed by atoms with Crippen molar-refractivity contribution in [2.45, 2.75) is 0 Å². The smallest absolute Gasteiger partial charge is 0.0637 e. The van der Waals surface area contributed by atoms with Crippen molar-refractivity contribution in [3.05, 3.63) is 121 Å². The van der Waals surface area contributed by atoms with E-state index in [0.29, 0.717) is 0 Å². The van der Waals surface area contributed by atoms with E-state index in [-0.39, 0.29) is 0 Å². The second kappa shape index (κ2) is 8.53. The third kappa shape index (κ3) is 4.09. The molecule has 0 aliphatic rings. The zero-order chi connectivity index (χ0) is 20.1. The Kier molecular flexibility index (Phi) is 5.49. The van der Waals surface area contributed by atoms with Gasteiger partial charge in [0.05, 0.1) is 5.71 Å². The summed E-state index contributed by atoms with van der Waals surface area (Å²) < 4.78 is 0. The van der Waals surface area contributed by atoms with Gasteiger partial charge in [0.1, 0.15) is 0 Å². The predicted molar refractivity (Wildman–Crippen MR) is 125 cm³/mol. The van der Waals surface area contributed by atoms with Crippen molar-refractivity contribution in [2.75, 3.05) is 7.05 Å². The minimum Gasteiger partial charge on any atom is -0.288 e. The van der Waals surface area contributed by atoms with E-state index in [1.807, 2.05) is 0 Å². The molecule has 0 N–H and O–H groups in total. The fourth-order valence-corrected chi connectivity index (χ4v) is 3.59. The number of nitrogens with zero attached hydrogens (tertiary/aromatic N) is 1. The van der Waals surface area contributed by atoms with Crippen LogP contribution in [0.4, 0.5) is 0 Å². The van der Waals surface area contributed by atoms with Gasteiger partial charge in [-0.2, -0.15) is 0 Å². The van der Waals surface area contributed by atoms with Gasteiger partial charge in [0, 0.05) is 12.6 Å². The van der Waals surface area contributed by atoms with E-state index in [2.05, 4.69) is 115 Å². The van der Waals surface area contributed by atoms with Crippen LogP contribution in [-0.2, 0) is 0 Å². The highest BCUT2D eigenvalue weighted by atomic mass is 14.7. The largest absolute Gasteiger partial charge is 0.288 e. The third-order valence-corrected chi connectivity index (χ3v) is 5.07. The number of rotatable bonds is 5. The van der Waals surface area contributed by atoms with Gasteiger partial charge in [-0.1, -0.05) is 85.4 Å². The van der Waals surface area contributed by atoms with Gasteiger partial charge in [0.2, 0.25) is 0 Å². The average Bonchev–Trinajstić information content (AvgIpc) is 2.81.